The standard InChI is InChI=1S/C41H5BF22O2/c43-7-3-1-2-5-4-6-9(8(5)7)19(44)32(57)30(55)18(6)42(66-41-17(29(54)35(60)37(62)39(41)64)15-25(50)33(58)36(61)34(59)26(15)51)65-40-16-11-10-12(20(45)21(46)14(11)27(52)38(40)63)23(48)31(56)24(49)13(10)22(47)28(16)53/h1-3H,4H2. The molecular formula is C41H5BF22O2. The molecule has 0 aliphatic heterocycles. The Morgan fingerprint density at radius 1 is 0.303 bits per heavy atom. The van der Waals surface area contributed by atoms with E-state index in [-0.39, 0.29) is 0 Å². The highest BCUT2D eigenvalue weighted by atomic mass is 19.2. The highest BCUT2D eigenvalue weighted by molar-refractivity contribution is 6.64. The fraction of sp³-hybridized carbons (Fsp3) is 0.0244. The van der Waals surface area contributed by atoms with E-state index in [2.05, 4.69) is 0 Å². The molecule has 0 atom stereocenters. The summed E-state index contributed by atoms with van der Waals surface area (Å²) in [5.41, 5.74) is -11.5. The predicted octanol–water partition coefficient (Wildman–Crippen LogP) is 12.7. The number of fused-ring (bicyclic) bond motifs is 3. The normalized spacial score (nSPS) is 12.3. The molecule has 8 aromatic rings. The van der Waals surface area contributed by atoms with E-state index in [4.69, 9.17) is 9.31 Å². The Balaban J connectivity index is 1.44. The van der Waals surface area contributed by atoms with Gasteiger partial charge in [-0.05, 0) is 23.6 Å². The molecule has 66 heavy (non-hydrogen) atoms. The summed E-state index contributed by atoms with van der Waals surface area (Å²) in [5, 5.41) is -12.5. The summed E-state index contributed by atoms with van der Waals surface area (Å²) in [6, 6.07) is 2.43. The predicted molar refractivity (Wildman–Crippen MR) is 182 cm³/mol. The van der Waals surface area contributed by atoms with Gasteiger partial charge >= 0.3 is 7.12 Å². The average molecular weight is 958 g/mol. The molecule has 0 fully saturated rings. The molecule has 0 N–H and O–H groups in total. The Morgan fingerprint density at radius 2 is 0.667 bits per heavy atom. The maximum atomic E-state index is 16.4. The van der Waals surface area contributed by atoms with Gasteiger partial charge in [-0.2, -0.15) is 8.78 Å². The van der Waals surface area contributed by atoms with Crippen molar-refractivity contribution in [3.05, 3.63) is 157 Å². The van der Waals surface area contributed by atoms with E-state index >= 15 is 74.6 Å². The number of hydrogen-bond donors (Lipinski definition) is 0. The van der Waals surface area contributed by atoms with Crippen molar-refractivity contribution in [2.24, 2.45) is 0 Å². The van der Waals surface area contributed by atoms with Crippen molar-refractivity contribution in [1.82, 2.24) is 0 Å². The van der Waals surface area contributed by atoms with Gasteiger partial charge in [-0.25, -0.2) is 87.8 Å². The first-order chi connectivity index (χ1) is 31.0. The molecule has 0 amide bonds. The summed E-state index contributed by atoms with van der Waals surface area (Å²) < 4.78 is 348. The van der Waals surface area contributed by atoms with Gasteiger partial charge in [-0.1, -0.05) is 12.1 Å². The highest BCUT2D eigenvalue weighted by Crippen LogP contribution is 2.50. The number of rotatable bonds is 6. The summed E-state index contributed by atoms with van der Waals surface area (Å²) in [5.74, 6) is -67.9. The van der Waals surface area contributed by atoms with Crippen molar-refractivity contribution in [2.75, 3.05) is 0 Å². The maximum Gasteiger partial charge on any atom is 0.636 e. The van der Waals surface area contributed by atoms with Gasteiger partial charge in [0.2, 0.25) is 17.5 Å². The smallest absolute Gasteiger partial charge is 0.519 e. The average Bonchev–Trinajstić information content (AvgIpc) is 3.68. The van der Waals surface area contributed by atoms with Crippen molar-refractivity contribution < 1.29 is 106 Å². The van der Waals surface area contributed by atoms with Crippen LogP contribution in [-0.2, 0) is 6.42 Å². The Hall–Kier alpha value is -7.08. The Kier molecular flexibility index (Phi) is 9.84. The van der Waals surface area contributed by atoms with E-state index in [1.54, 1.807) is 0 Å². The van der Waals surface area contributed by atoms with Gasteiger partial charge in [-0.3, -0.25) is 0 Å². The second-order valence-corrected chi connectivity index (χ2v) is 14.0. The van der Waals surface area contributed by atoms with Gasteiger partial charge in [0.25, 0.3) is 0 Å². The van der Waals surface area contributed by atoms with Gasteiger partial charge in [0.15, 0.2) is 116 Å². The fourth-order valence-corrected chi connectivity index (χ4v) is 7.93. The summed E-state index contributed by atoms with van der Waals surface area (Å²) >= 11 is 0. The van der Waals surface area contributed by atoms with Crippen LogP contribution in [0.1, 0.15) is 11.1 Å². The second-order valence-electron chi connectivity index (χ2n) is 14.0. The molecule has 0 aromatic heterocycles. The quantitative estimate of drug-likeness (QED) is 0.0544. The van der Waals surface area contributed by atoms with E-state index in [0.29, 0.717) is 6.07 Å². The first kappa shape index (κ1) is 44.1. The molecule has 1 aliphatic rings. The summed E-state index contributed by atoms with van der Waals surface area (Å²) in [6.45, 7) is 0. The van der Waals surface area contributed by atoms with E-state index < -0.39 is 224 Å². The summed E-state index contributed by atoms with van der Waals surface area (Å²) in [6.07, 6.45) is -1.12. The van der Waals surface area contributed by atoms with Gasteiger partial charge in [0.05, 0.1) is 38.1 Å². The number of halogens is 22. The summed E-state index contributed by atoms with van der Waals surface area (Å²) in [7, 11) is -3.94. The highest BCUT2D eigenvalue weighted by Gasteiger charge is 2.46. The van der Waals surface area contributed by atoms with Crippen molar-refractivity contribution in [3.63, 3.8) is 0 Å². The molecule has 8 aromatic carbocycles. The molecule has 0 heterocycles. The largest absolute Gasteiger partial charge is 0.636 e. The van der Waals surface area contributed by atoms with Crippen LogP contribution >= 0.6 is 0 Å². The molecule has 338 valence electrons. The number of hydrogen-bond acceptors (Lipinski definition) is 2. The van der Waals surface area contributed by atoms with Gasteiger partial charge < -0.3 is 9.31 Å². The summed E-state index contributed by atoms with van der Waals surface area (Å²) in [4.78, 5) is 0. The Bertz CT molecular complexity index is 3510. The van der Waals surface area contributed by atoms with Crippen LogP contribution in [0.2, 0.25) is 0 Å². The molecule has 0 spiro atoms. The van der Waals surface area contributed by atoms with Gasteiger partial charge in [0.1, 0.15) is 5.82 Å². The lowest BCUT2D eigenvalue weighted by Gasteiger charge is -2.25. The van der Waals surface area contributed by atoms with Crippen LogP contribution in [0.5, 0.6) is 11.5 Å². The maximum absolute atomic E-state index is 16.4. The van der Waals surface area contributed by atoms with E-state index in [1.165, 1.54) is 0 Å². The fourth-order valence-electron chi connectivity index (χ4n) is 7.93. The van der Waals surface area contributed by atoms with Gasteiger partial charge in [-0.15, -0.1) is 0 Å². The van der Waals surface area contributed by atoms with E-state index in [1.807, 2.05) is 0 Å². The molecule has 0 bridgehead atoms. The van der Waals surface area contributed by atoms with Crippen molar-refractivity contribution in [3.8, 4) is 33.8 Å². The zero-order valence-corrected chi connectivity index (χ0v) is 30.6. The van der Waals surface area contributed by atoms with Crippen LogP contribution in [0, 0.1) is 128 Å². The van der Waals surface area contributed by atoms with Crippen LogP contribution < -0.4 is 14.8 Å². The van der Waals surface area contributed by atoms with Gasteiger partial charge in [0, 0.05) is 21.9 Å². The third-order valence-electron chi connectivity index (χ3n) is 10.7. The Labute approximate surface area is 348 Å². The van der Waals surface area contributed by atoms with Crippen LogP contribution in [0.4, 0.5) is 96.6 Å². The second kappa shape index (κ2) is 14.7. The molecule has 25 heteroatoms. The zero-order chi connectivity index (χ0) is 48.2. The molecule has 2 nitrogen and oxygen atoms in total. The molecule has 0 saturated carbocycles. The minimum absolute atomic E-state index is 0.456. The van der Waals surface area contributed by atoms with Crippen LogP contribution in [0.15, 0.2) is 18.2 Å². The monoisotopic (exact) mass is 958 g/mol. The SMILES string of the molecule is Fc1cccc2c1-c1c(F)c(F)c(F)c(B(Oc3c(F)c(F)c(F)c(F)c3-c3c(F)c(F)c(F)c(F)c3F)Oc3c(F)c(F)c4c(F)c(F)c5c(F)c(F)c(F)c6c(F)c(F)c3c4c56)c1C2. The minimum atomic E-state index is -3.94. The molecule has 0 unspecified atom stereocenters. The molecule has 0 radical (unpaired) electrons. The molecule has 1 aliphatic carbocycles. The lowest BCUT2D eigenvalue weighted by molar-refractivity contribution is 0.361. The lowest BCUT2D eigenvalue weighted by atomic mass is 9.73. The van der Waals surface area contributed by atoms with Crippen molar-refractivity contribution in [1.29, 1.82) is 0 Å². The third kappa shape index (κ3) is 5.56. The first-order valence-electron chi connectivity index (χ1n) is 17.5. The number of benzene rings is 8. The lowest BCUT2D eigenvalue weighted by Crippen LogP contribution is -2.48. The van der Waals surface area contributed by atoms with Crippen LogP contribution in [0.3, 0.4) is 0 Å². The molecule has 9 rings (SSSR count). The molecule has 0 saturated heterocycles. The zero-order valence-electron chi connectivity index (χ0n) is 30.6. The molecular weight excluding hydrogens is 953 g/mol. The Morgan fingerprint density at radius 3 is 1.21 bits per heavy atom. The third-order valence-corrected chi connectivity index (χ3v) is 10.7. The van der Waals surface area contributed by atoms with Crippen LogP contribution in [-0.4, -0.2) is 7.12 Å². The topological polar surface area (TPSA) is 18.5 Å². The van der Waals surface area contributed by atoms with Crippen molar-refractivity contribution >= 4 is 44.9 Å². The van der Waals surface area contributed by atoms with Crippen molar-refractivity contribution in [2.45, 2.75) is 6.42 Å². The van der Waals surface area contributed by atoms with Crippen LogP contribution in [0.25, 0.3) is 54.6 Å². The minimum Gasteiger partial charge on any atom is -0.519 e. The van der Waals surface area contributed by atoms with E-state index in [9.17, 15) is 22.0 Å². The first-order valence-corrected chi connectivity index (χ1v) is 17.5. The van der Waals surface area contributed by atoms with E-state index in [0.717, 1.165) is 12.1 Å².